The molecular weight excluding hydrogens is 290 g/mol. The normalized spacial score (nSPS) is 27.2. The van der Waals surface area contributed by atoms with Crippen LogP contribution in [0.1, 0.15) is 4.88 Å². The summed E-state index contributed by atoms with van der Waals surface area (Å²) >= 11 is 4.86. The van der Waals surface area contributed by atoms with Gasteiger partial charge >= 0.3 is 0 Å². The van der Waals surface area contributed by atoms with Gasteiger partial charge in [0.15, 0.2) is 10.8 Å². The molecule has 0 saturated heterocycles. The minimum absolute atomic E-state index is 0.169. The van der Waals surface area contributed by atoms with E-state index in [0.717, 1.165) is 4.88 Å². The number of hydrogen-bond acceptors (Lipinski definition) is 5. The minimum Gasteiger partial charge on any atom is -0.235 e. The van der Waals surface area contributed by atoms with Crippen LogP contribution in [0.15, 0.2) is 43.4 Å². The third-order valence-corrected chi connectivity index (χ3v) is 3.47. The molecule has 0 spiro atoms. The van der Waals surface area contributed by atoms with Gasteiger partial charge in [-0.25, -0.2) is 4.99 Å². The summed E-state index contributed by atoms with van der Waals surface area (Å²) in [6, 6.07) is 3.93. The van der Waals surface area contributed by atoms with Crippen molar-refractivity contribution in [2.45, 2.75) is 0 Å². The number of nitrogens with zero attached hydrogens (tertiary/aromatic N) is 4. The molecule has 1 aromatic heterocycles. The Labute approximate surface area is 104 Å². The van der Waals surface area contributed by atoms with Gasteiger partial charge in [-0.3, -0.25) is 0 Å². The molecule has 0 aromatic carbocycles. The summed E-state index contributed by atoms with van der Waals surface area (Å²) in [7, 11) is 0. The van der Waals surface area contributed by atoms with Gasteiger partial charge in [0.25, 0.3) is 5.84 Å². The average molecular weight is 297 g/mol. The molecular formula is C9H7BrN5S+. The lowest BCUT2D eigenvalue weighted by molar-refractivity contribution is -0.803. The summed E-state index contributed by atoms with van der Waals surface area (Å²) in [5, 5.41) is 6.36. The van der Waals surface area contributed by atoms with E-state index in [-0.39, 0.29) is 4.70 Å². The molecule has 7 heteroatoms. The second kappa shape index (κ2) is 3.42. The molecule has 1 atom stereocenters. The Bertz CT molecular complexity index is 556. The third kappa shape index (κ3) is 1.49. The first-order valence-electron chi connectivity index (χ1n) is 4.50. The second-order valence-electron chi connectivity index (χ2n) is 3.32. The van der Waals surface area contributed by atoms with E-state index in [1.807, 2.05) is 17.5 Å². The van der Waals surface area contributed by atoms with Crippen molar-refractivity contribution in [3.05, 3.63) is 33.2 Å². The molecule has 0 bridgehead atoms. The zero-order valence-electron chi connectivity index (χ0n) is 8.04. The SMILES string of the molecule is N[N+]12C=C(Br)N=CC1=NC(c1cccs1)=N2. The molecule has 2 aliphatic rings. The molecule has 3 rings (SSSR count). The number of hydrogen-bond donors (Lipinski definition) is 1. The quantitative estimate of drug-likeness (QED) is 0.479. The number of rotatable bonds is 1. The minimum atomic E-state index is -0.169. The molecule has 0 aliphatic carbocycles. The van der Waals surface area contributed by atoms with Crippen LogP contribution in [0.5, 0.6) is 0 Å². The third-order valence-electron chi connectivity index (χ3n) is 2.20. The van der Waals surface area contributed by atoms with Gasteiger partial charge in [0.05, 0.1) is 4.88 Å². The summed E-state index contributed by atoms with van der Waals surface area (Å²) in [5.41, 5.74) is 0. The van der Waals surface area contributed by atoms with E-state index in [2.05, 4.69) is 31.0 Å². The number of halogens is 1. The Hall–Kier alpha value is -1.15. The predicted octanol–water partition coefficient (Wildman–Crippen LogP) is 1.79. The van der Waals surface area contributed by atoms with Crippen LogP contribution in [0.2, 0.25) is 0 Å². The summed E-state index contributed by atoms with van der Waals surface area (Å²) in [5.74, 6) is 7.35. The highest BCUT2D eigenvalue weighted by atomic mass is 79.9. The molecule has 2 N–H and O–H groups in total. The van der Waals surface area contributed by atoms with E-state index in [4.69, 9.17) is 5.84 Å². The zero-order valence-corrected chi connectivity index (χ0v) is 10.4. The zero-order chi connectivity index (χ0) is 11.2. The van der Waals surface area contributed by atoms with Crippen molar-refractivity contribution in [2.24, 2.45) is 20.9 Å². The molecule has 5 nitrogen and oxygen atoms in total. The Morgan fingerprint density at radius 3 is 3.06 bits per heavy atom. The number of aliphatic imine (C=N–C) groups is 2. The van der Waals surface area contributed by atoms with Crippen LogP contribution >= 0.6 is 27.3 Å². The maximum Gasteiger partial charge on any atom is 0.300 e. The maximum atomic E-state index is 6.08. The van der Waals surface area contributed by atoms with Crippen LogP contribution in [-0.2, 0) is 0 Å². The summed E-state index contributed by atoms with van der Waals surface area (Å²) in [6.07, 6.45) is 3.31. The summed E-state index contributed by atoms with van der Waals surface area (Å²) < 4.78 is 0.488. The molecule has 1 aromatic rings. The molecule has 3 heterocycles. The van der Waals surface area contributed by atoms with E-state index in [9.17, 15) is 0 Å². The standard InChI is InChI=1S/C9H7BrN5S/c10-7-5-15(11)8(4-12-7)13-9(14-15)6-2-1-3-16-6/h1-5H,11H2/q+1. The van der Waals surface area contributed by atoms with Crippen molar-refractivity contribution < 1.29 is 4.70 Å². The van der Waals surface area contributed by atoms with Gasteiger partial charge in [0.2, 0.25) is 5.84 Å². The first kappa shape index (κ1) is 10.0. The maximum absolute atomic E-state index is 6.08. The van der Waals surface area contributed by atoms with Gasteiger partial charge in [-0.05, 0) is 37.2 Å². The first-order chi connectivity index (χ1) is 7.67. The van der Waals surface area contributed by atoms with E-state index in [1.54, 1.807) is 23.8 Å². The lowest BCUT2D eigenvalue weighted by Crippen LogP contribution is -2.49. The van der Waals surface area contributed by atoms with Crippen molar-refractivity contribution in [3.63, 3.8) is 0 Å². The Balaban J connectivity index is 2.09. The second-order valence-corrected chi connectivity index (χ2v) is 5.08. The van der Waals surface area contributed by atoms with Crippen molar-refractivity contribution in [2.75, 3.05) is 0 Å². The van der Waals surface area contributed by atoms with Gasteiger partial charge in [-0.15, -0.1) is 17.2 Å². The van der Waals surface area contributed by atoms with Crippen molar-refractivity contribution in [3.8, 4) is 0 Å². The number of fused-ring (bicyclic) bond motifs is 1. The lowest BCUT2D eigenvalue weighted by atomic mass is 10.4. The van der Waals surface area contributed by atoms with Gasteiger partial charge in [0.1, 0.15) is 6.21 Å². The summed E-state index contributed by atoms with van der Waals surface area (Å²) in [4.78, 5) is 9.46. The Morgan fingerprint density at radius 2 is 2.31 bits per heavy atom. The van der Waals surface area contributed by atoms with Crippen molar-refractivity contribution in [1.82, 2.24) is 0 Å². The highest BCUT2D eigenvalue weighted by Crippen LogP contribution is 2.24. The van der Waals surface area contributed by atoms with Crippen LogP contribution in [0.3, 0.4) is 0 Å². The average Bonchev–Trinajstić information content (AvgIpc) is 2.81. The van der Waals surface area contributed by atoms with Crippen LogP contribution in [0.4, 0.5) is 0 Å². The molecule has 80 valence electrons. The largest absolute Gasteiger partial charge is 0.300 e. The first-order valence-corrected chi connectivity index (χ1v) is 6.18. The van der Waals surface area contributed by atoms with Crippen LogP contribution in [0, 0.1) is 0 Å². The summed E-state index contributed by atoms with van der Waals surface area (Å²) in [6.45, 7) is 0. The van der Waals surface area contributed by atoms with E-state index < -0.39 is 0 Å². The molecule has 2 aliphatic heterocycles. The van der Waals surface area contributed by atoms with E-state index in [0.29, 0.717) is 16.3 Å². The predicted molar refractivity (Wildman–Crippen MR) is 68.2 cm³/mol. The number of nitrogens with two attached hydrogens (primary N) is 1. The Kier molecular flexibility index (Phi) is 2.15. The number of thiophene rings is 1. The van der Waals surface area contributed by atoms with Gasteiger partial charge < -0.3 is 0 Å². The molecule has 0 radical (unpaired) electrons. The van der Waals surface area contributed by atoms with Crippen LogP contribution in [-0.4, -0.2) is 22.6 Å². The van der Waals surface area contributed by atoms with Crippen molar-refractivity contribution >= 4 is 45.2 Å². The Morgan fingerprint density at radius 1 is 1.44 bits per heavy atom. The lowest BCUT2D eigenvalue weighted by Gasteiger charge is -2.17. The van der Waals surface area contributed by atoms with Crippen molar-refractivity contribution in [1.29, 1.82) is 0 Å². The highest BCUT2D eigenvalue weighted by Gasteiger charge is 2.39. The molecule has 0 amide bonds. The van der Waals surface area contributed by atoms with Crippen LogP contribution in [0.25, 0.3) is 0 Å². The topological polar surface area (TPSA) is 63.1 Å². The fourth-order valence-electron chi connectivity index (χ4n) is 1.46. The number of amidine groups is 2. The van der Waals surface area contributed by atoms with Gasteiger partial charge in [-0.1, -0.05) is 6.07 Å². The molecule has 0 fully saturated rings. The smallest absolute Gasteiger partial charge is 0.235 e. The fourth-order valence-corrected chi connectivity index (χ4v) is 2.53. The number of quaternary nitrogens is 1. The van der Waals surface area contributed by atoms with Crippen LogP contribution < -0.4 is 5.84 Å². The fraction of sp³-hybridized carbons (Fsp3) is 0. The van der Waals surface area contributed by atoms with E-state index in [1.165, 1.54) is 0 Å². The van der Waals surface area contributed by atoms with Gasteiger partial charge in [-0.2, -0.15) is 4.99 Å². The van der Waals surface area contributed by atoms with E-state index >= 15 is 0 Å². The highest BCUT2D eigenvalue weighted by molar-refractivity contribution is 9.11. The molecule has 0 saturated carbocycles. The van der Waals surface area contributed by atoms with Gasteiger partial charge in [0, 0.05) is 0 Å². The molecule has 16 heavy (non-hydrogen) atoms. The monoisotopic (exact) mass is 296 g/mol. The molecule has 1 unspecified atom stereocenters.